The summed E-state index contributed by atoms with van der Waals surface area (Å²) in [6.07, 6.45) is 0. The molecule has 0 aliphatic heterocycles. The van der Waals surface area contributed by atoms with Crippen LogP contribution in [0.4, 0.5) is 0 Å². The number of thiocarbonyl (C=S) groups is 1. The van der Waals surface area contributed by atoms with E-state index in [2.05, 4.69) is 47.6 Å². The lowest BCUT2D eigenvalue weighted by Crippen LogP contribution is -2.38. The minimum absolute atomic E-state index is 0.243. The van der Waals surface area contributed by atoms with E-state index in [1.54, 1.807) is 0 Å². The van der Waals surface area contributed by atoms with Gasteiger partial charge < -0.3 is 5.32 Å². The Balaban J connectivity index is 2.42. The highest BCUT2D eigenvalue weighted by molar-refractivity contribution is 8.01. The van der Waals surface area contributed by atoms with Crippen LogP contribution in [0.5, 0.6) is 0 Å². The van der Waals surface area contributed by atoms with Crippen LogP contribution in [-0.4, -0.2) is 16.8 Å². The van der Waals surface area contributed by atoms with Gasteiger partial charge in [-0.3, -0.25) is 10.2 Å². The van der Waals surface area contributed by atoms with Gasteiger partial charge in [-0.2, -0.15) is 0 Å². The predicted octanol–water partition coefficient (Wildman–Crippen LogP) is 3.58. The van der Waals surface area contributed by atoms with Crippen LogP contribution in [0, 0.1) is 5.41 Å². The van der Waals surface area contributed by atoms with Crippen LogP contribution in [0.3, 0.4) is 0 Å². The summed E-state index contributed by atoms with van der Waals surface area (Å²) in [7, 11) is -2.51. The van der Waals surface area contributed by atoms with Gasteiger partial charge in [0, 0.05) is 12.8 Å². The van der Waals surface area contributed by atoms with E-state index in [0.29, 0.717) is 5.31 Å². The van der Waals surface area contributed by atoms with Crippen molar-refractivity contribution in [3.05, 3.63) is 96.3 Å². The molecule has 3 nitrogen and oxygen atoms in total. The zero-order chi connectivity index (χ0) is 20.0. The topological polar surface area (TPSA) is 53.0 Å². The first-order chi connectivity index (χ1) is 13.6. The van der Waals surface area contributed by atoms with Gasteiger partial charge in [0.1, 0.15) is 15.9 Å². The first kappa shape index (κ1) is 19.9. The highest BCUT2D eigenvalue weighted by Crippen LogP contribution is 2.61. The van der Waals surface area contributed by atoms with Gasteiger partial charge >= 0.3 is 0 Å². The number of rotatable bonds is 5. The smallest absolute Gasteiger partial charge is 0.222 e. The molecule has 0 atom stereocenters. The summed E-state index contributed by atoms with van der Waals surface area (Å²) in [4.78, 5) is 12.0. The highest BCUT2D eigenvalue weighted by Gasteiger charge is 2.51. The second kappa shape index (κ2) is 8.86. The molecule has 0 saturated carbocycles. The Labute approximate surface area is 171 Å². The molecule has 0 aliphatic rings. The molecule has 0 radical (unpaired) electrons. The van der Waals surface area contributed by atoms with Crippen molar-refractivity contribution in [3.63, 3.8) is 0 Å². The van der Waals surface area contributed by atoms with Crippen LogP contribution in [-0.2, 0) is 4.79 Å². The fourth-order valence-electron chi connectivity index (χ4n) is 3.30. The van der Waals surface area contributed by atoms with Crippen LogP contribution in [0.1, 0.15) is 6.92 Å². The van der Waals surface area contributed by atoms with Gasteiger partial charge in [0.25, 0.3) is 0 Å². The fourth-order valence-corrected chi connectivity index (χ4v) is 7.96. The Morgan fingerprint density at radius 2 is 1.18 bits per heavy atom. The van der Waals surface area contributed by atoms with E-state index in [-0.39, 0.29) is 10.9 Å². The van der Waals surface area contributed by atoms with Gasteiger partial charge in [-0.1, -0.05) is 66.8 Å². The van der Waals surface area contributed by atoms with Crippen molar-refractivity contribution in [2.45, 2.75) is 6.92 Å². The molecular formula is C23H20N2OPS+. The second-order valence-corrected chi connectivity index (χ2v) is 9.91. The number of hydrogen-bond acceptors (Lipinski definition) is 3. The molecule has 0 saturated heterocycles. The molecule has 2 N–H and O–H groups in total. The third-order valence-electron chi connectivity index (χ3n) is 4.39. The summed E-state index contributed by atoms with van der Waals surface area (Å²) in [5.74, 6) is 2.34. The normalized spacial score (nSPS) is 10.6. The number of hydrogen-bond donors (Lipinski definition) is 2. The van der Waals surface area contributed by atoms with Crippen molar-refractivity contribution in [2.75, 3.05) is 0 Å². The monoisotopic (exact) mass is 403 g/mol. The predicted molar refractivity (Wildman–Crippen MR) is 123 cm³/mol. The zero-order valence-corrected chi connectivity index (χ0v) is 17.1. The van der Waals surface area contributed by atoms with E-state index in [1.165, 1.54) is 6.92 Å². The van der Waals surface area contributed by atoms with E-state index < -0.39 is 7.26 Å². The molecule has 3 aromatic rings. The highest BCUT2D eigenvalue weighted by atomic mass is 32.1. The second-order valence-electron chi connectivity index (χ2n) is 6.16. The third-order valence-corrected chi connectivity index (χ3v) is 9.07. The number of amides is 1. The third kappa shape index (κ3) is 3.72. The number of nitrogens with one attached hydrogen (secondary N) is 2. The summed E-state index contributed by atoms with van der Waals surface area (Å²) < 4.78 is 0. The summed E-state index contributed by atoms with van der Waals surface area (Å²) >= 11 is 5.58. The summed E-state index contributed by atoms with van der Waals surface area (Å²) in [5.41, 5.74) is 0. The molecule has 0 bridgehead atoms. The lowest BCUT2D eigenvalue weighted by atomic mass is 10.3. The molecular weight excluding hydrogens is 383 g/mol. The molecule has 138 valence electrons. The van der Waals surface area contributed by atoms with Crippen molar-refractivity contribution in [2.24, 2.45) is 0 Å². The lowest BCUT2D eigenvalue weighted by molar-refractivity contribution is -0.117. The SMILES string of the molecule is CC(=O)NC(=S)C(=C=N)[P+](c1ccccc1)(c1ccccc1)c1ccccc1. The Kier molecular flexibility index (Phi) is 6.28. The van der Waals surface area contributed by atoms with Crippen molar-refractivity contribution in [3.8, 4) is 0 Å². The first-order valence-electron chi connectivity index (χ1n) is 8.78. The van der Waals surface area contributed by atoms with Gasteiger partial charge in [-0.25, -0.2) is 0 Å². The van der Waals surface area contributed by atoms with Gasteiger partial charge in [0.15, 0.2) is 12.3 Å². The Bertz CT molecular complexity index is 933. The first-order valence-corrected chi connectivity index (χ1v) is 11.0. The summed E-state index contributed by atoms with van der Waals surface area (Å²) in [5, 5.41) is 14.5. The maximum Gasteiger partial charge on any atom is 0.222 e. The maximum atomic E-state index is 11.7. The Hall–Kier alpha value is -2.90. The fraction of sp³-hybridized carbons (Fsp3) is 0.0435. The van der Waals surface area contributed by atoms with E-state index in [4.69, 9.17) is 17.6 Å². The number of benzene rings is 3. The molecule has 0 fully saturated rings. The van der Waals surface area contributed by atoms with E-state index in [1.807, 2.05) is 54.6 Å². The largest absolute Gasteiger partial charge is 0.313 e. The molecule has 0 aromatic heterocycles. The molecule has 0 heterocycles. The Morgan fingerprint density at radius 3 is 1.46 bits per heavy atom. The standard InChI is InChI=1S/C23H19N2OPS/c1-18(26)25-23(28)22(17-24)27(19-11-5-2-6-12-19,20-13-7-3-8-14-20)21-15-9-4-10-16-21/h2-16,24H,1H3/p+1. The maximum absolute atomic E-state index is 11.7. The summed E-state index contributed by atoms with van der Waals surface area (Å²) in [6, 6.07) is 30.2. The lowest BCUT2D eigenvalue weighted by Gasteiger charge is -2.28. The minimum Gasteiger partial charge on any atom is -0.313 e. The zero-order valence-electron chi connectivity index (χ0n) is 15.4. The van der Waals surface area contributed by atoms with Crippen molar-refractivity contribution < 1.29 is 4.79 Å². The van der Waals surface area contributed by atoms with E-state index in [0.717, 1.165) is 15.9 Å². The van der Waals surface area contributed by atoms with Gasteiger partial charge in [0.2, 0.25) is 11.2 Å². The van der Waals surface area contributed by atoms with Crippen LogP contribution >= 0.6 is 19.5 Å². The molecule has 0 spiro atoms. The van der Waals surface area contributed by atoms with Gasteiger partial charge in [-0.05, 0) is 36.4 Å². The molecule has 3 rings (SSSR count). The molecule has 1 amide bonds. The number of carbonyl (C=O) groups excluding carboxylic acids is 1. The van der Waals surface area contributed by atoms with Crippen LogP contribution < -0.4 is 21.2 Å². The van der Waals surface area contributed by atoms with Gasteiger partial charge in [-0.15, -0.1) is 0 Å². The number of carbonyl (C=O) groups is 1. The molecule has 28 heavy (non-hydrogen) atoms. The summed E-state index contributed by atoms with van der Waals surface area (Å²) in [6.45, 7) is 1.42. The molecule has 3 aromatic carbocycles. The molecule has 0 unspecified atom stereocenters. The Morgan fingerprint density at radius 1 is 0.821 bits per heavy atom. The minimum atomic E-state index is -2.51. The average molecular weight is 403 g/mol. The quantitative estimate of drug-likeness (QED) is 0.296. The van der Waals surface area contributed by atoms with Crippen molar-refractivity contribution in [1.29, 1.82) is 5.41 Å². The van der Waals surface area contributed by atoms with Gasteiger partial charge in [0.05, 0.1) is 0 Å². The van der Waals surface area contributed by atoms with Crippen LogP contribution in [0.25, 0.3) is 0 Å². The molecule has 5 heteroatoms. The van der Waals surface area contributed by atoms with Crippen LogP contribution in [0.2, 0.25) is 0 Å². The molecule has 0 aliphatic carbocycles. The average Bonchev–Trinajstić information content (AvgIpc) is 2.73. The van der Waals surface area contributed by atoms with E-state index in [9.17, 15) is 4.79 Å². The van der Waals surface area contributed by atoms with Crippen LogP contribution in [0.15, 0.2) is 96.3 Å². The van der Waals surface area contributed by atoms with Crippen molar-refractivity contribution in [1.82, 2.24) is 5.32 Å². The van der Waals surface area contributed by atoms with Crippen molar-refractivity contribution >= 4 is 52.2 Å². The van der Waals surface area contributed by atoms with E-state index >= 15 is 0 Å².